The molecule has 0 saturated carbocycles. The van der Waals surface area contributed by atoms with Crippen LogP contribution in [0, 0.1) is 0 Å². The number of nitrogens with one attached hydrogen (secondary N) is 1. The highest BCUT2D eigenvalue weighted by molar-refractivity contribution is 5.85. The summed E-state index contributed by atoms with van der Waals surface area (Å²) in [5, 5.41) is 2.84. The first-order valence-electron chi connectivity index (χ1n) is 6.14. The van der Waals surface area contributed by atoms with Gasteiger partial charge in [-0.15, -0.1) is 12.4 Å². The first-order chi connectivity index (χ1) is 7.47. The van der Waals surface area contributed by atoms with E-state index in [1.54, 1.807) is 0 Å². The van der Waals surface area contributed by atoms with E-state index in [4.69, 9.17) is 10.5 Å². The van der Waals surface area contributed by atoms with Crippen molar-refractivity contribution >= 4 is 18.3 Å². The lowest BCUT2D eigenvalue weighted by molar-refractivity contribution is -0.122. The van der Waals surface area contributed by atoms with E-state index in [9.17, 15) is 4.79 Å². The number of rotatable bonds is 5. The van der Waals surface area contributed by atoms with Crippen LogP contribution in [0.5, 0.6) is 0 Å². The molecule has 0 radical (unpaired) electrons. The van der Waals surface area contributed by atoms with Crippen molar-refractivity contribution in [1.82, 2.24) is 5.32 Å². The third-order valence-corrected chi connectivity index (χ3v) is 2.71. The summed E-state index contributed by atoms with van der Waals surface area (Å²) in [7, 11) is 0. The van der Waals surface area contributed by atoms with Gasteiger partial charge < -0.3 is 15.8 Å². The Balaban J connectivity index is 0.00000256. The van der Waals surface area contributed by atoms with Gasteiger partial charge in [-0.05, 0) is 39.5 Å². The summed E-state index contributed by atoms with van der Waals surface area (Å²) in [4.78, 5) is 11.5. The highest BCUT2D eigenvalue weighted by Gasteiger charge is 2.16. The Hall–Kier alpha value is -0.320. The standard InChI is InChI=1S/C12H24N2O2.ClH/c1-12(2,13)9-14-11(15)7-6-10-5-3-4-8-16-10;/h10H,3-9,13H2,1-2H3,(H,14,15);1H. The summed E-state index contributed by atoms with van der Waals surface area (Å²) in [6.45, 7) is 5.18. The van der Waals surface area contributed by atoms with Crippen LogP contribution in [0.3, 0.4) is 0 Å². The van der Waals surface area contributed by atoms with Gasteiger partial charge in [0.2, 0.25) is 5.91 Å². The van der Waals surface area contributed by atoms with Gasteiger partial charge in [0.25, 0.3) is 0 Å². The molecule has 0 aromatic carbocycles. The maximum absolute atomic E-state index is 11.5. The first-order valence-corrected chi connectivity index (χ1v) is 6.14. The number of nitrogens with two attached hydrogens (primary N) is 1. The van der Waals surface area contributed by atoms with E-state index in [1.807, 2.05) is 13.8 Å². The Morgan fingerprint density at radius 2 is 2.18 bits per heavy atom. The van der Waals surface area contributed by atoms with Gasteiger partial charge in [0.05, 0.1) is 6.10 Å². The Bertz CT molecular complexity index is 223. The summed E-state index contributed by atoms with van der Waals surface area (Å²) in [5.74, 6) is 0.0766. The summed E-state index contributed by atoms with van der Waals surface area (Å²) in [6, 6.07) is 0. The van der Waals surface area contributed by atoms with Gasteiger partial charge in [0, 0.05) is 25.1 Å². The van der Waals surface area contributed by atoms with Crippen molar-refractivity contribution in [2.75, 3.05) is 13.2 Å². The second kappa shape index (κ2) is 7.90. The SMILES string of the molecule is CC(C)(N)CNC(=O)CCC1CCCCO1.Cl. The topological polar surface area (TPSA) is 64.3 Å². The zero-order chi connectivity index (χ0) is 12.0. The molecule has 1 saturated heterocycles. The minimum atomic E-state index is -0.336. The fourth-order valence-corrected chi connectivity index (χ4v) is 1.74. The fraction of sp³-hybridized carbons (Fsp3) is 0.917. The van der Waals surface area contributed by atoms with Crippen molar-refractivity contribution in [2.45, 2.75) is 57.6 Å². The molecule has 17 heavy (non-hydrogen) atoms. The van der Waals surface area contributed by atoms with Gasteiger partial charge in [-0.3, -0.25) is 4.79 Å². The van der Waals surface area contributed by atoms with Crippen LogP contribution in [0.15, 0.2) is 0 Å². The molecule has 0 bridgehead atoms. The number of halogens is 1. The molecule has 5 heteroatoms. The molecule has 1 amide bonds. The van der Waals surface area contributed by atoms with Crippen LogP contribution in [0.1, 0.15) is 46.0 Å². The molecule has 0 spiro atoms. The van der Waals surface area contributed by atoms with Gasteiger partial charge in [0.15, 0.2) is 0 Å². The zero-order valence-electron chi connectivity index (χ0n) is 10.8. The second-order valence-corrected chi connectivity index (χ2v) is 5.29. The number of amides is 1. The lowest BCUT2D eigenvalue weighted by Crippen LogP contribution is -2.45. The molecule has 1 unspecified atom stereocenters. The normalized spacial score (nSPS) is 20.5. The van der Waals surface area contributed by atoms with Crippen LogP contribution < -0.4 is 11.1 Å². The van der Waals surface area contributed by atoms with E-state index in [1.165, 1.54) is 6.42 Å². The van der Waals surface area contributed by atoms with Crippen molar-refractivity contribution in [1.29, 1.82) is 0 Å². The van der Waals surface area contributed by atoms with Crippen LogP contribution in [0.4, 0.5) is 0 Å². The third kappa shape index (κ3) is 8.41. The van der Waals surface area contributed by atoms with Crippen molar-refractivity contribution < 1.29 is 9.53 Å². The molecule has 4 nitrogen and oxygen atoms in total. The van der Waals surface area contributed by atoms with E-state index < -0.39 is 0 Å². The lowest BCUT2D eigenvalue weighted by Gasteiger charge is -2.23. The monoisotopic (exact) mass is 264 g/mol. The summed E-state index contributed by atoms with van der Waals surface area (Å²) in [5.41, 5.74) is 5.45. The van der Waals surface area contributed by atoms with Crippen LogP contribution in [0.2, 0.25) is 0 Å². The van der Waals surface area contributed by atoms with Crippen LogP contribution in [-0.2, 0) is 9.53 Å². The molecule has 0 aromatic rings. The average molecular weight is 265 g/mol. The molecule has 0 aromatic heterocycles. The smallest absolute Gasteiger partial charge is 0.220 e. The van der Waals surface area contributed by atoms with Gasteiger partial charge >= 0.3 is 0 Å². The van der Waals surface area contributed by atoms with Crippen molar-refractivity contribution in [3.8, 4) is 0 Å². The molecule has 1 atom stereocenters. The summed E-state index contributed by atoms with van der Waals surface area (Å²) in [6.07, 6.45) is 5.13. The largest absolute Gasteiger partial charge is 0.378 e. The van der Waals surface area contributed by atoms with Crippen LogP contribution in [-0.4, -0.2) is 30.7 Å². The third-order valence-electron chi connectivity index (χ3n) is 2.71. The molecule has 102 valence electrons. The highest BCUT2D eigenvalue weighted by Crippen LogP contribution is 2.16. The molecule has 0 aliphatic carbocycles. The van der Waals surface area contributed by atoms with E-state index in [0.717, 1.165) is 25.9 Å². The number of hydrogen-bond acceptors (Lipinski definition) is 3. The molecule has 1 rings (SSSR count). The quantitative estimate of drug-likeness (QED) is 0.793. The molecule has 1 heterocycles. The molecule has 3 N–H and O–H groups in total. The van der Waals surface area contributed by atoms with Crippen molar-refractivity contribution in [2.24, 2.45) is 5.73 Å². The van der Waals surface area contributed by atoms with Gasteiger partial charge in [-0.25, -0.2) is 0 Å². The Labute approximate surface area is 110 Å². The Morgan fingerprint density at radius 1 is 1.47 bits per heavy atom. The summed E-state index contributed by atoms with van der Waals surface area (Å²) >= 11 is 0. The van der Waals surface area contributed by atoms with Crippen LogP contribution in [0.25, 0.3) is 0 Å². The summed E-state index contributed by atoms with van der Waals surface area (Å²) < 4.78 is 5.57. The van der Waals surface area contributed by atoms with E-state index in [0.29, 0.717) is 13.0 Å². The number of carbonyl (C=O) groups excluding carboxylic acids is 1. The van der Waals surface area contributed by atoms with E-state index in [-0.39, 0.29) is 30.0 Å². The minimum absolute atomic E-state index is 0. The minimum Gasteiger partial charge on any atom is -0.378 e. The predicted molar refractivity (Wildman–Crippen MR) is 71.3 cm³/mol. The molecule has 1 fully saturated rings. The fourth-order valence-electron chi connectivity index (χ4n) is 1.74. The predicted octanol–water partition coefficient (Wildman–Crippen LogP) is 1.61. The Morgan fingerprint density at radius 3 is 2.71 bits per heavy atom. The average Bonchev–Trinajstić information content (AvgIpc) is 2.24. The van der Waals surface area contributed by atoms with Gasteiger partial charge in [0.1, 0.15) is 0 Å². The zero-order valence-corrected chi connectivity index (χ0v) is 11.6. The van der Waals surface area contributed by atoms with E-state index >= 15 is 0 Å². The first kappa shape index (κ1) is 16.7. The number of ether oxygens (including phenoxy) is 1. The highest BCUT2D eigenvalue weighted by atomic mass is 35.5. The van der Waals surface area contributed by atoms with Crippen molar-refractivity contribution in [3.63, 3.8) is 0 Å². The van der Waals surface area contributed by atoms with Gasteiger partial charge in [-0.2, -0.15) is 0 Å². The molecule has 1 aliphatic rings. The number of carbonyl (C=O) groups is 1. The lowest BCUT2D eigenvalue weighted by atomic mass is 10.0. The Kier molecular flexibility index (Phi) is 7.75. The van der Waals surface area contributed by atoms with Crippen LogP contribution >= 0.6 is 12.4 Å². The van der Waals surface area contributed by atoms with E-state index in [2.05, 4.69) is 5.32 Å². The molecular formula is C12H25ClN2O2. The maximum Gasteiger partial charge on any atom is 0.220 e. The molecular weight excluding hydrogens is 240 g/mol. The maximum atomic E-state index is 11.5. The molecule has 1 aliphatic heterocycles. The van der Waals surface area contributed by atoms with Gasteiger partial charge in [-0.1, -0.05) is 0 Å². The second-order valence-electron chi connectivity index (χ2n) is 5.29. The van der Waals surface area contributed by atoms with Crippen molar-refractivity contribution in [3.05, 3.63) is 0 Å². The number of hydrogen-bond donors (Lipinski definition) is 2.